The largest absolute Gasteiger partial charge is 1.00 e. The van der Waals surface area contributed by atoms with Gasteiger partial charge in [-0.1, -0.05) is 48.5 Å². The Kier molecular flexibility index (Phi) is 31.1. The molecule has 0 saturated heterocycles. The number of nitrogens with one attached hydrogen (secondary N) is 3. The predicted molar refractivity (Wildman–Crippen MR) is 368 cm³/mol. The molecular formula is C69H63BF7IK2N12O10. The Morgan fingerprint density at radius 1 is 0.559 bits per heavy atom. The van der Waals surface area contributed by atoms with Crippen LogP contribution in [0.2, 0.25) is 0 Å². The van der Waals surface area contributed by atoms with Gasteiger partial charge in [-0.05, 0) is 210 Å². The molecule has 0 bridgehead atoms. The van der Waals surface area contributed by atoms with E-state index < -0.39 is 31.0 Å². The van der Waals surface area contributed by atoms with E-state index in [1.54, 1.807) is 81.2 Å². The number of anilines is 4. The van der Waals surface area contributed by atoms with Crippen LogP contribution in [0.15, 0.2) is 171 Å². The Bertz CT molecular complexity index is 4960. The van der Waals surface area contributed by atoms with Crippen LogP contribution in [0.25, 0.3) is 56.0 Å². The second-order valence-corrected chi connectivity index (χ2v) is 23.7. The van der Waals surface area contributed by atoms with E-state index >= 15 is 0 Å². The standard InChI is InChI=1S/C18H16FN3O.C16H14FN3O.C14H12FN3.C9H5F3IN3O.C7H8BFO2.C4H6O2.CH2O3.2K.H/c1-11-14(3-2-4-15(11)19)13-7-8-17-20-16(10-22(17)9-13)21-18(23)12-5-6-12;1-10-13(4-3-5-14(10)17)12-6-7-16-19-15(18-11(2)21)9-20(16)8-12;1-9-11(3-2-4-12(9)15)10-5-6-14-17-13(16)8-18(14)7-10;10-9(11,12)8(17)15-6-4-16-3-5(13)1-2-7(16)14-6;1-5-6(8(10)11)3-2-4-7(5)9;5-4(6)3-1-2-3;2-1-4-3;;;/h2-4,7-10,12H,5-6H2,1H3,(H,21,23);3-9H,1-2H3,(H,18,21);2-8H,16H2,1H3;1-4H,(H,15,17);2-4,10-11H,1H3;3H,1-2H2,(H,5,6);1,3H;;;/q;;;;;;;2*+1;-1/p-1. The quantitative estimate of drug-likeness (QED) is 0.0221. The summed E-state index contributed by atoms with van der Waals surface area (Å²) in [4.78, 5) is 71.2. The number of aromatic nitrogens is 8. The molecule has 2 aliphatic carbocycles. The summed E-state index contributed by atoms with van der Waals surface area (Å²) in [7, 11) is -1.59. The molecule has 0 radical (unpaired) electrons. The van der Waals surface area contributed by atoms with Crippen molar-refractivity contribution in [2.75, 3.05) is 21.7 Å². The van der Waals surface area contributed by atoms with Crippen molar-refractivity contribution in [3.8, 4) is 33.4 Å². The first kappa shape index (κ1) is 83.2. The molecule has 4 aromatic carbocycles. The van der Waals surface area contributed by atoms with E-state index in [4.69, 9.17) is 30.9 Å². The maximum absolute atomic E-state index is 13.7. The molecule has 3 amide bonds. The topological polar surface area (TPSA) is 310 Å². The Labute approximate surface area is 678 Å². The molecule has 0 atom stereocenters. The van der Waals surface area contributed by atoms with Crippen molar-refractivity contribution in [3.63, 3.8) is 0 Å². The molecule has 33 heteroatoms. The SMILES string of the molecule is CC(=O)Nc1cn2cc(-c3cccc(F)c3C)ccc2n1.Cc1c(F)cccc1-c1ccc2nc(N)cn2c1.Cc1c(F)cccc1-c1ccc2nc(NC(=O)C3CC3)cn2c1.Cc1c(F)cccc1B(O)O.O=C(Nc1cn2cc(I)ccc2n1)C(F)(F)F.O=C(O)C1CC1.O=CO[O-].[H-].[K+].[K+]. The number of nitrogen functional groups attached to an aromatic ring is 1. The molecule has 12 aromatic rings. The van der Waals surface area contributed by atoms with Gasteiger partial charge in [-0.25, -0.2) is 37.5 Å². The number of hydrogen-bond donors (Lipinski definition) is 7. The maximum Gasteiger partial charge on any atom is 1.00 e. The zero-order chi connectivity index (χ0) is 72.7. The number of carboxylic acids is 1. The number of carboxylic acid groups (broad SMARTS) is 1. The van der Waals surface area contributed by atoms with Crippen LogP contribution in [-0.2, 0) is 28.9 Å². The fourth-order valence-electron chi connectivity index (χ4n) is 9.55. The number of carbonyl (C=O) groups excluding carboxylic acids is 4. The number of rotatable bonds is 10. The van der Waals surface area contributed by atoms with Crippen LogP contribution in [-0.4, -0.2) is 96.2 Å². The summed E-state index contributed by atoms with van der Waals surface area (Å²) in [6.45, 7) is 8.06. The van der Waals surface area contributed by atoms with Crippen molar-refractivity contribution in [2.45, 2.75) is 66.5 Å². The molecule has 8 heterocycles. The summed E-state index contributed by atoms with van der Waals surface area (Å²) >= 11 is 2.06. The number of imidazole rings is 4. The maximum atomic E-state index is 13.7. The third kappa shape index (κ3) is 23.4. The summed E-state index contributed by atoms with van der Waals surface area (Å²) in [5.41, 5.74) is 16.0. The van der Waals surface area contributed by atoms with Crippen molar-refractivity contribution < 1.29 is 184 Å². The number of halogens is 8. The van der Waals surface area contributed by atoms with E-state index in [2.05, 4.69) is 58.0 Å². The number of pyridine rings is 4. The minimum Gasteiger partial charge on any atom is -1.00 e. The van der Waals surface area contributed by atoms with Crippen molar-refractivity contribution in [1.82, 2.24) is 37.5 Å². The Morgan fingerprint density at radius 3 is 1.28 bits per heavy atom. The van der Waals surface area contributed by atoms with E-state index in [0.717, 1.165) is 79.6 Å². The summed E-state index contributed by atoms with van der Waals surface area (Å²) in [5, 5.41) is 41.1. The third-order valence-corrected chi connectivity index (χ3v) is 15.7. The number of amides is 3. The van der Waals surface area contributed by atoms with Crippen LogP contribution < -0.4 is 135 Å². The average molecular weight is 1570 g/mol. The van der Waals surface area contributed by atoms with Gasteiger partial charge in [0.05, 0.1) is 30.7 Å². The molecule has 0 spiro atoms. The van der Waals surface area contributed by atoms with Gasteiger partial charge in [-0.15, -0.1) is 0 Å². The molecule has 8 N–H and O–H groups in total. The number of alkyl halides is 3. The van der Waals surface area contributed by atoms with Crippen LogP contribution in [0.1, 0.15) is 56.3 Å². The number of benzene rings is 4. The summed E-state index contributed by atoms with van der Waals surface area (Å²) in [5.74, 6) is -2.30. The fraction of sp³-hybridized carbons (Fsp3) is 0.174. The molecule has 2 saturated carbocycles. The third-order valence-electron chi connectivity index (χ3n) is 15.1. The molecular weight excluding hydrogens is 1510 g/mol. The van der Waals surface area contributed by atoms with E-state index in [0.29, 0.717) is 39.8 Å². The van der Waals surface area contributed by atoms with Crippen LogP contribution in [0.4, 0.5) is 54.0 Å². The molecule has 2 fully saturated rings. The van der Waals surface area contributed by atoms with Gasteiger partial charge >= 0.3 is 128 Å². The second-order valence-electron chi connectivity index (χ2n) is 22.5. The number of hydrogen-bond acceptors (Lipinski definition) is 14. The van der Waals surface area contributed by atoms with Gasteiger partial charge in [0.25, 0.3) is 6.47 Å². The van der Waals surface area contributed by atoms with E-state index in [1.165, 1.54) is 60.8 Å². The van der Waals surface area contributed by atoms with Crippen molar-refractivity contribution in [1.29, 1.82) is 0 Å². The van der Waals surface area contributed by atoms with E-state index in [9.17, 15) is 49.9 Å². The molecule has 0 unspecified atom stereocenters. The average Bonchev–Trinajstić information content (AvgIpc) is 1.59. The molecule has 22 nitrogen and oxygen atoms in total. The minimum absolute atomic E-state index is 0. The number of fused-ring (bicyclic) bond motifs is 4. The predicted octanol–water partition coefficient (Wildman–Crippen LogP) is 5.53. The number of nitrogens with zero attached hydrogens (tertiary/aromatic N) is 8. The van der Waals surface area contributed by atoms with Crippen molar-refractivity contribution >= 4 is 111 Å². The summed E-state index contributed by atoms with van der Waals surface area (Å²) in [6, 6.07) is 34.1. The number of aliphatic carboxylic acids is 1. The normalized spacial score (nSPS) is 11.8. The molecule has 102 heavy (non-hydrogen) atoms. The van der Waals surface area contributed by atoms with Gasteiger partial charge in [0, 0.05) is 41.2 Å². The number of carbonyl (C=O) groups is 5. The van der Waals surface area contributed by atoms with Crippen LogP contribution in [0, 0.1) is 66.4 Å². The monoisotopic (exact) mass is 1570 g/mol. The Hall–Kier alpha value is -7.75. The zero-order valence-corrected chi connectivity index (χ0v) is 64.1. The molecule has 0 aliphatic heterocycles. The Balaban J connectivity index is 0.000000225. The Morgan fingerprint density at radius 2 is 0.922 bits per heavy atom. The van der Waals surface area contributed by atoms with Gasteiger partial charge in [-0.3, -0.25) is 24.0 Å². The van der Waals surface area contributed by atoms with E-state index in [-0.39, 0.29) is 169 Å². The zero-order valence-electron chi connectivity index (χ0n) is 56.7. The first-order valence-corrected chi connectivity index (χ1v) is 31.2. The van der Waals surface area contributed by atoms with Crippen molar-refractivity contribution in [3.05, 3.63) is 220 Å². The van der Waals surface area contributed by atoms with E-state index in [1.807, 2.05) is 86.4 Å². The molecule has 8 aromatic heterocycles. The first-order chi connectivity index (χ1) is 47.5. The fourth-order valence-corrected chi connectivity index (χ4v) is 10.0. The smallest absolute Gasteiger partial charge is 1.00 e. The van der Waals surface area contributed by atoms with Crippen LogP contribution in [0.3, 0.4) is 0 Å². The van der Waals surface area contributed by atoms with Gasteiger partial charge in [0.2, 0.25) is 11.8 Å². The van der Waals surface area contributed by atoms with Crippen molar-refractivity contribution in [2.24, 2.45) is 11.8 Å². The molecule has 2 aliphatic rings. The van der Waals surface area contributed by atoms with Gasteiger partial charge < -0.3 is 66.0 Å². The molecule has 14 rings (SSSR count). The van der Waals surface area contributed by atoms with Crippen LogP contribution >= 0.6 is 22.6 Å². The number of nitrogens with two attached hydrogens (primary N) is 1. The van der Waals surface area contributed by atoms with Gasteiger partial charge in [-0.2, -0.15) is 13.2 Å². The first-order valence-electron chi connectivity index (χ1n) is 30.2. The van der Waals surface area contributed by atoms with Crippen LogP contribution in [0.5, 0.6) is 0 Å². The van der Waals surface area contributed by atoms with Gasteiger partial charge in [0.15, 0.2) is 17.5 Å². The van der Waals surface area contributed by atoms with Gasteiger partial charge in [0.1, 0.15) is 51.7 Å². The minimum atomic E-state index is -4.91. The summed E-state index contributed by atoms with van der Waals surface area (Å²) < 4.78 is 97.6. The summed E-state index contributed by atoms with van der Waals surface area (Å²) in [6.07, 6.45) is 12.7. The molecule has 520 valence electrons. The second kappa shape index (κ2) is 38.1.